The molecule has 0 bridgehead atoms. The van der Waals surface area contributed by atoms with Gasteiger partial charge >= 0.3 is 18.2 Å². The van der Waals surface area contributed by atoms with Crippen molar-refractivity contribution in [2.75, 3.05) is 7.11 Å². The maximum Gasteiger partial charge on any atom is 0.573 e. The van der Waals surface area contributed by atoms with Crippen LogP contribution < -0.4 is 20.3 Å². The van der Waals surface area contributed by atoms with Crippen LogP contribution >= 0.6 is 0 Å². The number of carbonyl (C=O) groups is 2. The second-order valence-corrected chi connectivity index (χ2v) is 5.60. The third-order valence-corrected chi connectivity index (χ3v) is 3.61. The van der Waals surface area contributed by atoms with Crippen LogP contribution in [-0.4, -0.2) is 35.4 Å². The van der Waals surface area contributed by atoms with Crippen LogP contribution in [0.3, 0.4) is 0 Å². The number of benzene rings is 2. The summed E-state index contributed by atoms with van der Waals surface area (Å²) in [5, 5.41) is 3.58. The van der Waals surface area contributed by atoms with Crippen molar-refractivity contribution in [3.63, 3.8) is 0 Å². The van der Waals surface area contributed by atoms with Gasteiger partial charge in [0.15, 0.2) is 0 Å². The van der Waals surface area contributed by atoms with Crippen LogP contribution in [0.4, 0.5) is 13.2 Å². The largest absolute Gasteiger partial charge is 0.573 e. The number of ether oxygens (including phenoxy) is 2. The van der Waals surface area contributed by atoms with Crippen LogP contribution in [0, 0.1) is 0 Å². The SMILES string of the molecule is COc1ccccc1C(=O)NNC(=O)c1nc(-c2ccc(OC(F)(F)F)cc2)no1. The fraction of sp³-hybridized carbons (Fsp3) is 0.111. The molecule has 2 aromatic carbocycles. The number of nitrogens with one attached hydrogen (secondary N) is 2. The molecule has 0 spiro atoms. The van der Waals surface area contributed by atoms with E-state index in [1.807, 2.05) is 0 Å². The number of hydrogen-bond donors (Lipinski definition) is 2. The van der Waals surface area contributed by atoms with Gasteiger partial charge in [-0.25, -0.2) is 0 Å². The number of halogens is 3. The highest BCUT2D eigenvalue weighted by Gasteiger charge is 2.31. The molecule has 1 aromatic heterocycles. The van der Waals surface area contributed by atoms with E-state index in [1.165, 1.54) is 25.3 Å². The smallest absolute Gasteiger partial charge is 0.496 e. The molecule has 3 aromatic rings. The molecule has 12 heteroatoms. The summed E-state index contributed by atoms with van der Waals surface area (Å²) in [4.78, 5) is 28.1. The van der Waals surface area contributed by atoms with E-state index in [2.05, 4.69) is 25.7 Å². The van der Waals surface area contributed by atoms with Crippen molar-refractivity contribution in [2.24, 2.45) is 0 Å². The molecule has 0 unspecified atom stereocenters. The van der Waals surface area contributed by atoms with Crippen LogP contribution in [0.15, 0.2) is 53.1 Å². The van der Waals surface area contributed by atoms with Crippen LogP contribution in [0.5, 0.6) is 11.5 Å². The van der Waals surface area contributed by atoms with Crippen molar-refractivity contribution in [1.82, 2.24) is 21.0 Å². The summed E-state index contributed by atoms with van der Waals surface area (Å²) >= 11 is 0. The second-order valence-electron chi connectivity index (χ2n) is 5.60. The lowest BCUT2D eigenvalue weighted by Gasteiger charge is -2.08. The Bertz CT molecular complexity index is 1050. The summed E-state index contributed by atoms with van der Waals surface area (Å²) in [6, 6.07) is 11.0. The molecule has 2 N–H and O–H groups in total. The predicted octanol–water partition coefficient (Wildman–Crippen LogP) is 2.72. The average molecular weight is 422 g/mol. The Morgan fingerprint density at radius 2 is 1.67 bits per heavy atom. The molecule has 0 aliphatic rings. The fourth-order valence-electron chi connectivity index (χ4n) is 2.31. The van der Waals surface area contributed by atoms with Gasteiger partial charge in [-0.1, -0.05) is 17.3 Å². The highest BCUT2D eigenvalue weighted by Crippen LogP contribution is 2.25. The van der Waals surface area contributed by atoms with E-state index < -0.39 is 29.8 Å². The van der Waals surface area contributed by atoms with Gasteiger partial charge in [0.25, 0.3) is 5.91 Å². The third kappa shape index (κ3) is 5.04. The van der Waals surface area contributed by atoms with Crippen molar-refractivity contribution in [3.05, 3.63) is 60.0 Å². The first-order valence-corrected chi connectivity index (χ1v) is 8.20. The summed E-state index contributed by atoms with van der Waals surface area (Å²) in [5.41, 5.74) is 4.76. The molecule has 0 aliphatic heterocycles. The molecule has 1 heterocycles. The van der Waals surface area contributed by atoms with E-state index in [9.17, 15) is 22.8 Å². The normalized spacial score (nSPS) is 10.9. The van der Waals surface area contributed by atoms with E-state index in [0.29, 0.717) is 5.75 Å². The van der Waals surface area contributed by atoms with Crippen molar-refractivity contribution >= 4 is 11.8 Å². The Labute approximate surface area is 166 Å². The fourth-order valence-corrected chi connectivity index (χ4v) is 2.31. The molecule has 156 valence electrons. The zero-order valence-electron chi connectivity index (χ0n) is 15.2. The summed E-state index contributed by atoms with van der Waals surface area (Å²) in [6.07, 6.45) is -4.81. The van der Waals surface area contributed by atoms with Gasteiger partial charge in [0.05, 0.1) is 12.7 Å². The first-order valence-electron chi connectivity index (χ1n) is 8.20. The molecule has 0 saturated heterocycles. The number of rotatable bonds is 5. The van der Waals surface area contributed by atoms with E-state index in [1.54, 1.807) is 18.2 Å². The van der Waals surface area contributed by atoms with Crippen LogP contribution in [-0.2, 0) is 0 Å². The van der Waals surface area contributed by atoms with Gasteiger partial charge in [0.2, 0.25) is 5.82 Å². The highest BCUT2D eigenvalue weighted by atomic mass is 19.4. The topological polar surface area (TPSA) is 116 Å². The molecule has 0 radical (unpaired) electrons. The van der Waals surface area contributed by atoms with Crippen LogP contribution in [0.1, 0.15) is 21.0 Å². The molecule has 0 aliphatic carbocycles. The minimum Gasteiger partial charge on any atom is -0.496 e. The number of alkyl halides is 3. The average Bonchev–Trinajstić information content (AvgIpc) is 3.21. The van der Waals surface area contributed by atoms with Gasteiger partial charge in [0.1, 0.15) is 11.5 Å². The van der Waals surface area contributed by atoms with E-state index >= 15 is 0 Å². The monoisotopic (exact) mass is 422 g/mol. The molecule has 0 fully saturated rings. The highest BCUT2D eigenvalue weighted by molar-refractivity contribution is 5.99. The quantitative estimate of drug-likeness (QED) is 0.608. The molecule has 30 heavy (non-hydrogen) atoms. The Hall–Kier alpha value is -4.09. The standard InChI is InChI=1S/C18H13F3N4O5/c1-28-13-5-3-2-4-12(13)15(26)23-24-16(27)17-22-14(25-30-17)10-6-8-11(9-7-10)29-18(19,20)21/h2-9H,1H3,(H,23,26)(H,24,27). The maximum absolute atomic E-state index is 12.2. The van der Waals surface area contributed by atoms with Gasteiger partial charge in [-0.3, -0.25) is 20.4 Å². The Kier molecular flexibility index (Phi) is 5.85. The number of carbonyl (C=O) groups excluding carboxylic acids is 2. The number of aromatic nitrogens is 2. The predicted molar refractivity (Wildman–Crippen MR) is 94.3 cm³/mol. The molecule has 3 rings (SSSR count). The number of hydrazine groups is 1. The second kappa shape index (κ2) is 8.51. The summed E-state index contributed by atoms with van der Waals surface area (Å²) in [6.45, 7) is 0. The minimum absolute atomic E-state index is 0.0465. The number of methoxy groups -OCH3 is 1. The lowest BCUT2D eigenvalue weighted by molar-refractivity contribution is -0.274. The Morgan fingerprint density at radius 3 is 2.33 bits per heavy atom. The molecule has 9 nitrogen and oxygen atoms in total. The number of hydrogen-bond acceptors (Lipinski definition) is 7. The molecule has 2 amide bonds. The first kappa shape index (κ1) is 20.6. The number of amides is 2. The van der Waals surface area contributed by atoms with E-state index in [-0.39, 0.29) is 17.0 Å². The van der Waals surface area contributed by atoms with E-state index in [0.717, 1.165) is 12.1 Å². The van der Waals surface area contributed by atoms with Crippen molar-refractivity contribution in [3.8, 4) is 22.9 Å². The van der Waals surface area contributed by atoms with Crippen LogP contribution in [0.25, 0.3) is 11.4 Å². The molecular weight excluding hydrogens is 409 g/mol. The van der Waals surface area contributed by atoms with Gasteiger partial charge in [-0.15, -0.1) is 13.2 Å². The van der Waals surface area contributed by atoms with Crippen LogP contribution in [0.2, 0.25) is 0 Å². The minimum atomic E-state index is -4.81. The summed E-state index contributed by atoms with van der Waals surface area (Å²) < 4.78 is 50.2. The summed E-state index contributed by atoms with van der Waals surface area (Å²) in [5.74, 6) is -2.17. The maximum atomic E-state index is 12.2. The van der Waals surface area contributed by atoms with Crippen molar-refractivity contribution in [2.45, 2.75) is 6.36 Å². The van der Waals surface area contributed by atoms with Crippen molar-refractivity contribution < 1.29 is 36.8 Å². The molecular formula is C18H13F3N4O5. The Morgan fingerprint density at radius 1 is 1.00 bits per heavy atom. The van der Waals surface area contributed by atoms with E-state index in [4.69, 9.17) is 9.26 Å². The molecule has 0 saturated carbocycles. The summed E-state index contributed by atoms with van der Waals surface area (Å²) in [7, 11) is 1.40. The van der Waals surface area contributed by atoms with Gasteiger partial charge in [0, 0.05) is 5.56 Å². The van der Waals surface area contributed by atoms with Gasteiger partial charge in [-0.2, -0.15) is 4.98 Å². The van der Waals surface area contributed by atoms with Gasteiger partial charge in [-0.05, 0) is 36.4 Å². The lowest BCUT2D eigenvalue weighted by Crippen LogP contribution is -2.41. The number of nitrogens with zero attached hydrogens (tertiary/aromatic N) is 2. The van der Waals surface area contributed by atoms with Gasteiger partial charge < -0.3 is 14.0 Å². The first-order chi connectivity index (χ1) is 14.3. The zero-order chi connectivity index (χ0) is 21.7. The Balaban J connectivity index is 1.63. The molecule has 0 atom stereocenters. The lowest BCUT2D eigenvalue weighted by atomic mass is 10.2. The third-order valence-electron chi connectivity index (χ3n) is 3.61. The zero-order valence-corrected chi connectivity index (χ0v) is 15.2. The number of para-hydroxylation sites is 1. The van der Waals surface area contributed by atoms with Crippen molar-refractivity contribution in [1.29, 1.82) is 0 Å².